The summed E-state index contributed by atoms with van der Waals surface area (Å²) in [4.78, 5) is 9.49. The van der Waals surface area contributed by atoms with Crippen LogP contribution < -0.4 is 10.6 Å². The maximum absolute atomic E-state index is 4.40. The molecule has 1 aliphatic rings. The lowest BCUT2D eigenvalue weighted by molar-refractivity contribution is 0.147. The summed E-state index contributed by atoms with van der Waals surface area (Å²) in [5.41, 5.74) is 0. The molecule has 0 spiro atoms. The smallest absolute Gasteiger partial charge is 0.191 e. The highest BCUT2D eigenvalue weighted by atomic mass is 15.2. The second-order valence-corrected chi connectivity index (χ2v) is 7.74. The molecule has 2 atom stereocenters. The summed E-state index contributed by atoms with van der Waals surface area (Å²) in [6, 6.07) is 1.01. The molecule has 0 aromatic carbocycles. The third kappa shape index (κ3) is 8.91. The first-order chi connectivity index (χ1) is 12.0. The summed E-state index contributed by atoms with van der Waals surface area (Å²) in [7, 11) is 1.87. The van der Waals surface area contributed by atoms with Gasteiger partial charge in [-0.1, -0.05) is 20.8 Å². The van der Waals surface area contributed by atoms with Crippen molar-refractivity contribution >= 4 is 5.96 Å². The van der Waals surface area contributed by atoms with Crippen molar-refractivity contribution in [2.75, 3.05) is 46.3 Å². The highest BCUT2D eigenvalue weighted by Crippen LogP contribution is 2.17. The van der Waals surface area contributed by atoms with E-state index in [0.717, 1.165) is 31.5 Å². The van der Waals surface area contributed by atoms with E-state index in [0.29, 0.717) is 12.1 Å². The van der Waals surface area contributed by atoms with Gasteiger partial charge in [-0.2, -0.15) is 0 Å². The fourth-order valence-electron chi connectivity index (χ4n) is 3.50. The molecule has 5 heteroatoms. The van der Waals surface area contributed by atoms with Crippen molar-refractivity contribution in [2.24, 2.45) is 10.9 Å². The molecule has 25 heavy (non-hydrogen) atoms. The van der Waals surface area contributed by atoms with Crippen molar-refractivity contribution < 1.29 is 0 Å². The molecule has 5 nitrogen and oxygen atoms in total. The monoisotopic (exact) mass is 353 g/mol. The van der Waals surface area contributed by atoms with Gasteiger partial charge < -0.3 is 15.5 Å². The Morgan fingerprint density at radius 1 is 1.20 bits per heavy atom. The normalized spacial score (nSPS) is 19.9. The minimum absolute atomic E-state index is 0.452. The summed E-state index contributed by atoms with van der Waals surface area (Å²) in [6.07, 6.45) is 5.08. The van der Waals surface area contributed by atoms with Crippen LogP contribution in [-0.4, -0.2) is 74.2 Å². The van der Waals surface area contributed by atoms with Crippen molar-refractivity contribution in [2.45, 2.75) is 72.4 Å². The van der Waals surface area contributed by atoms with Gasteiger partial charge in [0.05, 0.1) is 0 Å². The van der Waals surface area contributed by atoms with Crippen LogP contribution in [0.3, 0.4) is 0 Å². The van der Waals surface area contributed by atoms with Gasteiger partial charge in [0.1, 0.15) is 0 Å². The SMILES string of the molecule is CCN(CC)CCCC(C)NC(=NC)NCC(C)N1CCC(C)CC1. The first kappa shape index (κ1) is 22.2. The molecule has 2 unspecified atom stereocenters. The lowest BCUT2D eigenvalue weighted by atomic mass is 9.98. The number of nitrogens with one attached hydrogen (secondary N) is 2. The van der Waals surface area contributed by atoms with Crippen LogP contribution in [0.5, 0.6) is 0 Å². The predicted octanol–water partition coefficient (Wildman–Crippen LogP) is 2.78. The fourth-order valence-corrected chi connectivity index (χ4v) is 3.50. The fraction of sp³-hybridized carbons (Fsp3) is 0.950. The van der Waals surface area contributed by atoms with Gasteiger partial charge in [-0.3, -0.25) is 9.89 Å². The van der Waals surface area contributed by atoms with E-state index in [-0.39, 0.29) is 0 Å². The van der Waals surface area contributed by atoms with Crippen LogP contribution in [0.25, 0.3) is 0 Å². The number of likely N-dealkylation sites (tertiary alicyclic amines) is 1. The second kappa shape index (κ2) is 12.5. The van der Waals surface area contributed by atoms with Gasteiger partial charge in [-0.15, -0.1) is 0 Å². The molecule has 1 saturated heterocycles. The molecule has 2 N–H and O–H groups in total. The van der Waals surface area contributed by atoms with E-state index in [1.807, 2.05) is 7.05 Å². The second-order valence-electron chi connectivity index (χ2n) is 7.74. The third-order valence-corrected chi connectivity index (χ3v) is 5.62. The molecule has 0 radical (unpaired) electrons. The van der Waals surface area contributed by atoms with Crippen LogP contribution in [0.4, 0.5) is 0 Å². The van der Waals surface area contributed by atoms with Crippen molar-refractivity contribution in [1.82, 2.24) is 20.4 Å². The summed E-state index contributed by atoms with van der Waals surface area (Å²) in [5, 5.41) is 7.06. The third-order valence-electron chi connectivity index (χ3n) is 5.62. The van der Waals surface area contributed by atoms with E-state index < -0.39 is 0 Å². The molecule has 0 saturated carbocycles. The molecule has 0 amide bonds. The minimum Gasteiger partial charge on any atom is -0.355 e. The van der Waals surface area contributed by atoms with Crippen LogP contribution in [0.15, 0.2) is 4.99 Å². The maximum atomic E-state index is 4.40. The summed E-state index contributed by atoms with van der Waals surface area (Å²) in [6.45, 7) is 18.3. The molecular weight excluding hydrogens is 310 g/mol. The Morgan fingerprint density at radius 3 is 2.40 bits per heavy atom. The molecule has 148 valence electrons. The Kier molecular flexibility index (Phi) is 11.1. The van der Waals surface area contributed by atoms with Crippen LogP contribution in [-0.2, 0) is 0 Å². The van der Waals surface area contributed by atoms with Crippen molar-refractivity contribution in [3.05, 3.63) is 0 Å². The molecule has 1 aliphatic heterocycles. The standard InChI is InChI=1S/C20H43N5/c1-7-24(8-2)13-9-10-18(4)23-20(21-6)22-16-19(5)25-14-11-17(3)12-15-25/h17-19H,7-16H2,1-6H3,(H2,21,22,23). The Balaban J connectivity index is 2.24. The topological polar surface area (TPSA) is 42.9 Å². The number of nitrogens with zero attached hydrogens (tertiary/aromatic N) is 3. The van der Waals surface area contributed by atoms with Crippen LogP contribution in [0, 0.1) is 5.92 Å². The van der Waals surface area contributed by atoms with Gasteiger partial charge in [0.2, 0.25) is 0 Å². The van der Waals surface area contributed by atoms with E-state index in [9.17, 15) is 0 Å². The summed E-state index contributed by atoms with van der Waals surface area (Å²) < 4.78 is 0. The van der Waals surface area contributed by atoms with Crippen molar-refractivity contribution in [3.63, 3.8) is 0 Å². The number of guanidine groups is 1. The van der Waals surface area contributed by atoms with Gasteiger partial charge in [-0.25, -0.2) is 0 Å². The Morgan fingerprint density at radius 2 is 1.84 bits per heavy atom. The lowest BCUT2D eigenvalue weighted by Crippen LogP contribution is -2.49. The zero-order valence-corrected chi connectivity index (χ0v) is 17.6. The van der Waals surface area contributed by atoms with Crippen LogP contribution >= 0.6 is 0 Å². The quantitative estimate of drug-likeness (QED) is 0.468. The highest BCUT2D eigenvalue weighted by molar-refractivity contribution is 5.79. The molecular formula is C20H43N5. The van der Waals surface area contributed by atoms with Gasteiger partial charge in [0.15, 0.2) is 5.96 Å². The minimum atomic E-state index is 0.452. The Labute approximate surface area is 156 Å². The number of rotatable bonds is 10. The molecule has 0 aromatic heterocycles. The molecule has 1 rings (SSSR count). The zero-order valence-electron chi connectivity index (χ0n) is 17.6. The largest absolute Gasteiger partial charge is 0.355 e. The van der Waals surface area contributed by atoms with Gasteiger partial charge >= 0.3 is 0 Å². The van der Waals surface area contributed by atoms with E-state index in [1.54, 1.807) is 0 Å². The summed E-state index contributed by atoms with van der Waals surface area (Å²) in [5.74, 6) is 1.83. The zero-order chi connectivity index (χ0) is 18.7. The Hall–Kier alpha value is -0.810. The average Bonchev–Trinajstić information content (AvgIpc) is 2.62. The molecule has 0 aliphatic carbocycles. The van der Waals surface area contributed by atoms with Gasteiger partial charge in [0.25, 0.3) is 0 Å². The predicted molar refractivity (Wildman–Crippen MR) is 110 cm³/mol. The first-order valence-corrected chi connectivity index (χ1v) is 10.4. The Bertz CT molecular complexity index is 359. The summed E-state index contributed by atoms with van der Waals surface area (Å²) >= 11 is 0. The van der Waals surface area contributed by atoms with Crippen LogP contribution in [0.1, 0.15) is 60.3 Å². The van der Waals surface area contributed by atoms with Crippen molar-refractivity contribution in [1.29, 1.82) is 0 Å². The number of hydrogen-bond acceptors (Lipinski definition) is 3. The molecule has 0 aromatic rings. The average molecular weight is 354 g/mol. The van der Waals surface area contributed by atoms with E-state index in [2.05, 4.69) is 60.0 Å². The number of aliphatic imine (C=N–C) groups is 1. The highest BCUT2D eigenvalue weighted by Gasteiger charge is 2.20. The first-order valence-electron chi connectivity index (χ1n) is 10.4. The van der Waals surface area contributed by atoms with E-state index >= 15 is 0 Å². The van der Waals surface area contributed by atoms with Gasteiger partial charge in [-0.05, 0) is 78.2 Å². The number of piperidine rings is 1. The maximum Gasteiger partial charge on any atom is 0.191 e. The molecule has 0 bridgehead atoms. The van der Waals surface area contributed by atoms with Gasteiger partial charge in [0, 0.05) is 25.7 Å². The lowest BCUT2D eigenvalue weighted by Gasteiger charge is -2.35. The van der Waals surface area contributed by atoms with Crippen molar-refractivity contribution in [3.8, 4) is 0 Å². The van der Waals surface area contributed by atoms with E-state index in [1.165, 1.54) is 45.3 Å². The van der Waals surface area contributed by atoms with Crippen LogP contribution in [0.2, 0.25) is 0 Å². The molecule has 1 fully saturated rings. The van der Waals surface area contributed by atoms with E-state index in [4.69, 9.17) is 0 Å². The molecule has 1 heterocycles. The number of hydrogen-bond donors (Lipinski definition) is 2.